The van der Waals surface area contributed by atoms with Gasteiger partial charge in [-0.05, 0) is 68.4 Å². The molecule has 2 N–H and O–H groups in total. The number of nitrogens with zero attached hydrogens (tertiary/aromatic N) is 4. The Morgan fingerprint density at radius 2 is 1.55 bits per heavy atom. The molecule has 0 radical (unpaired) electrons. The molecule has 0 aliphatic carbocycles. The quantitative estimate of drug-likeness (QED) is 0.483. The van der Waals surface area contributed by atoms with Gasteiger partial charge in [0.2, 0.25) is 5.88 Å². The van der Waals surface area contributed by atoms with Crippen LogP contribution in [0.15, 0.2) is 67.0 Å². The highest BCUT2D eigenvalue weighted by atomic mass is 19.1. The van der Waals surface area contributed by atoms with E-state index in [4.69, 9.17) is 4.74 Å². The Balaban J connectivity index is 1.35. The number of nitrogens with one attached hydrogen (secondary N) is 2. The largest absolute Gasteiger partial charge is 0.438 e. The Labute approximate surface area is 177 Å². The van der Waals surface area contributed by atoms with Crippen molar-refractivity contribution in [3.8, 4) is 17.4 Å². The van der Waals surface area contributed by atoms with Gasteiger partial charge in [-0.25, -0.2) is 14.2 Å². The lowest BCUT2D eigenvalue weighted by atomic mass is 10.3. The van der Waals surface area contributed by atoms with Gasteiger partial charge in [0.1, 0.15) is 17.9 Å². The number of halogens is 1. The SMILES string of the molecule is Cc1ncn(-c2ccc(Oc3ccc(NC(=O)Nc4ccc(F)cc4)cc3)nn2)c1C. The van der Waals surface area contributed by atoms with Crippen LogP contribution in [0.2, 0.25) is 0 Å². The first-order valence-corrected chi connectivity index (χ1v) is 9.44. The molecular weight excluding hydrogens is 399 g/mol. The molecule has 0 atom stereocenters. The van der Waals surface area contributed by atoms with Crippen molar-refractivity contribution in [1.82, 2.24) is 19.7 Å². The summed E-state index contributed by atoms with van der Waals surface area (Å²) in [5.74, 6) is 1.17. The highest BCUT2D eigenvalue weighted by molar-refractivity contribution is 5.99. The average Bonchev–Trinajstić information content (AvgIpc) is 3.10. The second kappa shape index (κ2) is 8.62. The summed E-state index contributed by atoms with van der Waals surface area (Å²) in [5.41, 5.74) is 2.98. The van der Waals surface area contributed by atoms with Crippen LogP contribution in [0.4, 0.5) is 20.6 Å². The van der Waals surface area contributed by atoms with E-state index in [0.717, 1.165) is 11.4 Å². The molecule has 0 saturated heterocycles. The zero-order valence-electron chi connectivity index (χ0n) is 16.8. The van der Waals surface area contributed by atoms with Gasteiger partial charge in [-0.15, -0.1) is 10.2 Å². The number of carbonyl (C=O) groups excluding carboxylic acids is 1. The van der Waals surface area contributed by atoms with Gasteiger partial charge in [-0.1, -0.05) is 0 Å². The maximum Gasteiger partial charge on any atom is 0.323 e. The number of anilines is 2. The van der Waals surface area contributed by atoms with Gasteiger partial charge in [0.25, 0.3) is 0 Å². The fraction of sp³-hybridized carbons (Fsp3) is 0.0909. The molecule has 2 amide bonds. The molecule has 4 rings (SSSR count). The van der Waals surface area contributed by atoms with Crippen molar-refractivity contribution in [3.63, 3.8) is 0 Å². The zero-order chi connectivity index (χ0) is 21.8. The summed E-state index contributed by atoms with van der Waals surface area (Å²) in [6.07, 6.45) is 1.70. The summed E-state index contributed by atoms with van der Waals surface area (Å²) in [5, 5.41) is 13.6. The highest BCUT2D eigenvalue weighted by Crippen LogP contribution is 2.22. The van der Waals surface area contributed by atoms with Gasteiger partial charge in [0.15, 0.2) is 5.82 Å². The number of hydrogen-bond donors (Lipinski definition) is 2. The fourth-order valence-corrected chi connectivity index (χ4v) is 2.78. The molecule has 2 aromatic carbocycles. The smallest absolute Gasteiger partial charge is 0.323 e. The first-order chi connectivity index (χ1) is 15.0. The highest BCUT2D eigenvalue weighted by Gasteiger charge is 2.08. The average molecular weight is 418 g/mol. The third-order valence-corrected chi connectivity index (χ3v) is 4.56. The van der Waals surface area contributed by atoms with Crippen LogP contribution < -0.4 is 15.4 Å². The molecule has 0 bridgehead atoms. The Kier molecular flexibility index (Phi) is 5.57. The van der Waals surface area contributed by atoms with Crippen LogP contribution in [0.1, 0.15) is 11.4 Å². The number of aryl methyl sites for hydroxylation is 1. The minimum absolute atomic E-state index is 0.341. The third kappa shape index (κ3) is 4.84. The molecular formula is C22H19FN6O2. The Morgan fingerprint density at radius 1 is 0.903 bits per heavy atom. The maximum atomic E-state index is 12.9. The number of ether oxygens (including phenoxy) is 1. The second-order valence-electron chi connectivity index (χ2n) is 6.73. The van der Waals surface area contributed by atoms with Crippen LogP contribution >= 0.6 is 0 Å². The van der Waals surface area contributed by atoms with Crippen LogP contribution in [0, 0.1) is 19.7 Å². The van der Waals surface area contributed by atoms with E-state index < -0.39 is 6.03 Å². The number of aromatic nitrogens is 4. The van der Waals surface area contributed by atoms with Crippen molar-refractivity contribution >= 4 is 17.4 Å². The number of benzene rings is 2. The molecule has 9 heteroatoms. The monoisotopic (exact) mass is 418 g/mol. The number of urea groups is 1. The van der Waals surface area contributed by atoms with Crippen LogP contribution in [-0.4, -0.2) is 25.8 Å². The van der Waals surface area contributed by atoms with Crippen LogP contribution in [-0.2, 0) is 0 Å². The summed E-state index contributed by atoms with van der Waals surface area (Å²) < 4.78 is 20.5. The first kappa shape index (κ1) is 20.0. The molecule has 0 saturated carbocycles. The number of hydrogen-bond acceptors (Lipinski definition) is 5. The molecule has 0 aliphatic rings. The number of rotatable bonds is 5. The predicted octanol–water partition coefficient (Wildman–Crippen LogP) is 4.85. The van der Waals surface area contributed by atoms with Gasteiger partial charge < -0.3 is 15.4 Å². The fourth-order valence-electron chi connectivity index (χ4n) is 2.78. The lowest BCUT2D eigenvalue weighted by Gasteiger charge is -2.09. The van der Waals surface area contributed by atoms with Crippen molar-refractivity contribution < 1.29 is 13.9 Å². The van der Waals surface area contributed by atoms with E-state index in [1.807, 2.05) is 18.4 Å². The number of amides is 2. The second-order valence-corrected chi connectivity index (χ2v) is 6.73. The topological polar surface area (TPSA) is 94.0 Å². The summed E-state index contributed by atoms with van der Waals surface area (Å²) in [7, 11) is 0. The standard InChI is InChI=1S/C22H19FN6O2/c1-14-15(2)29(13-24-14)20-11-12-21(28-27-20)31-19-9-7-18(8-10-19)26-22(30)25-17-5-3-16(23)4-6-17/h3-13H,1-2H3,(H2,25,26,30). The van der Waals surface area contributed by atoms with E-state index in [-0.39, 0.29) is 5.82 Å². The predicted molar refractivity (Wildman–Crippen MR) is 114 cm³/mol. The molecule has 4 aromatic rings. The Bertz CT molecular complexity index is 1190. The molecule has 2 heterocycles. The molecule has 0 unspecified atom stereocenters. The van der Waals surface area contributed by atoms with E-state index >= 15 is 0 Å². The Hall–Kier alpha value is -4.27. The zero-order valence-corrected chi connectivity index (χ0v) is 16.8. The van der Waals surface area contributed by atoms with Gasteiger partial charge >= 0.3 is 6.03 Å². The summed E-state index contributed by atoms with van der Waals surface area (Å²) in [6, 6.07) is 15.4. The van der Waals surface area contributed by atoms with Crippen LogP contribution in [0.5, 0.6) is 11.6 Å². The number of imidazole rings is 1. The normalized spacial score (nSPS) is 10.5. The van der Waals surface area contributed by atoms with Crippen molar-refractivity contribution in [3.05, 3.63) is 84.2 Å². The first-order valence-electron chi connectivity index (χ1n) is 9.44. The minimum atomic E-state index is -0.438. The van der Waals surface area contributed by atoms with E-state index in [2.05, 4.69) is 25.8 Å². The van der Waals surface area contributed by atoms with Gasteiger partial charge in [0.05, 0.1) is 5.69 Å². The van der Waals surface area contributed by atoms with E-state index in [1.165, 1.54) is 24.3 Å². The van der Waals surface area contributed by atoms with Crippen LogP contribution in [0.3, 0.4) is 0 Å². The van der Waals surface area contributed by atoms with Gasteiger partial charge in [-0.2, -0.15) is 0 Å². The van der Waals surface area contributed by atoms with E-state index in [1.54, 1.807) is 42.7 Å². The Morgan fingerprint density at radius 3 is 2.10 bits per heavy atom. The molecule has 8 nitrogen and oxygen atoms in total. The van der Waals surface area contributed by atoms with Crippen molar-refractivity contribution in [2.24, 2.45) is 0 Å². The third-order valence-electron chi connectivity index (χ3n) is 4.56. The van der Waals surface area contributed by atoms with Crippen molar-refractivity contribution in [1.29, 1.82) is 0 Å². The minimum Gasteiger partial charge on any atom is -0.438 e. The summed E-state index contributed by atoms with van der Waals surface area (Å²) in [6.45, 7) is 3.89. The molecule has 2 aromatic heterocycles. The van der Waals surface area contributed by atoms with Crippen molar-refractivity contribution in [2.75, 3.05) is 10.6 Å². The molecule has 0 aliphatic heterocycles. The summed E-state index contributed by atoms with van der Waals surface area (Å²) >= 11 is 0. The molecule has 0 spiro atoms. The maximum absolute atomic E-state index is 12.9. The van der Waals surface area contributed by atoms with E-state index in [0.29, 0.717) is 28.8 Å². The lowest BCUT2D eigenvalue weighted by molar-refractivity contribution is 0.262. The number of carbonyl (C=O) groups is 1. The van der Waals surface area contributed by atoms with Crippen molar-refractivity contribution in [2.45, 2.75) is 13.8 Å². The van der Waals surface area contributed by atoms with Crippen LogP contribution in [0.25, 0.3) is 5.82 Å². The molecule has 0 fully saturated rings. The summed E-state index contributed by atoms with van der Waals surface area (Å²) in [4.78, 5) is 16.3. The van der Waals surface area contributed by atoms with Gasteiger partial charge in [-0.3, -0.25) is 4.57 Å². The molecule has 31 heavy (non-hydrogen) atoms. The van der Waals surface area contributed by atoms with E-state index in [9.17, 15) is 9.18 Å². The molecule has 156 valence electrons. The lowest BCUT2D eigenvalue weighted by Crippen LogP contribution is -2.19. The van der Waals surface area contributed by atoms with Gasteiger partial charge in [0, 0.05) is 23.1 Å².